The van der Waals surface area contributed by atoms with Gasteiger partial charge in [-0.05, 0) is 33.9 Å². The van der Waals surface area contributed by atoms with Crippen molar-refractivity contribution in [3.05, 3.63) is 133 Å². The minimum atomic E-state index is -0.0910. The van der Waals surface area contributed by atoms with Crippen molar-refractivity contribution in [3.63, 3.8) is 0 Å². The fourth-order valence-corrected chi connectivity index (χ4v) is 5.01. The molecule has 0 radical (unpaired) electrons. The van der Waals surface area contributed by atoms with Gasteiger partial charge in [0.05, 0.1) is 0 Å². The maximum atomic E-state index is 12.5. The lowest BCUT2D eigenvalue weighted by atomic mass is 9.81. The number of carbonyl (C=O) groups is 1. The summed E-state index contributed by atoms with van der Waals surface area (Å²) in [6.45, 7) is 1.55. The highest BCUT2D eigenvalue weighted by Crippen LogP contribution is 2.51. The molecule has 6 aromatic rings. The summed E-state index contributed by atoms with van der Waals surface area (Å²) in [6.07, 6.45) is 0. The van der Waals surface area contributed by atoms with Gasteiger partial charge in [0, 0.05) is 29.0 Å². The summed E-state index contributed by atoms with van der Waals surface area (Å²) in [5.41, 5.74) is 9.31. The molecule has 0 fully saturated rings. The van der Waals surface area contributed by atoms with E-state index in [2.05, 4.69) is 84.9 Å². The summed E-state index contributed by atoms with van der Waals surface area (Å²) in [7, 11) is 0. The monoisotopic (exact) mass is 464 g/mol. The van der Waals surface area contributed by atoms with Crippen molar-refractivity contribution in [1.29, 1.82) is 0 Å². The van der Waals surface area contributed by atoms with Gasteiger partial charge in [-0.2, -0.15) is 0 Å². The molecule has 0 atom stereocenters. The van der Waals surface area contributed by atoms with Crippen LogP contribution in [0.25, 0.3) is 55.5 Å². The van der Waals surface area contributed by atoms with Crippen LogP contribution in [0.15, 0.2) is 132 Å². The second kappa shape index (κ2) is 9.16. The van der Waals surface area contributed by atoms with Crippen LogP contribution in [-0.2, 0) is 0 Å². The minimum absolute atomic E-state index is 0.0910. The Bertz CT molecular complexity index is 1540. The molecule has 1 heterocycles. The van der Waals surface area contributed by atoms with Crippen LogP contribution >= 0.6 is 0 Å². The Morgan fingerprint density at radius 1 is 0.500 bits per heavy atom. The first-order valence-electron chi connectivity index (χ1n) is 12.1. The molecule has 6 rings (SSSR count). The predicted molar refractivity (Wildman–Crippen MR) is 148 cm³/mol. The van der Waals surface area contributed by atoms with Gasteiger partial charge in [-0.25, -0.2) is 0 Å². The summed E-state index contributed by atoms with van der Waals surface area (Å²) in [5, 5.41) is 0.934. The summed E-state index contributed by atoms with van der Waals surface area (Å²) in [4.78, 5) is 12.5. The van der Waals surface area contributed by atoms with Crippen LogP contribution in [0.1, 0.15) is 17.5 Å². The van der Waals surface area contributed by atoms with E-state index in [1.54, 1.807) is 6.92 Å². The maximum Gasteiger partial charge on any atom is 0.194 e. The molecule has 0 saturated carbocycles. The fourth-order valence-electron chi connectivity index (χ4n) is 5.01. The van der Waals surface area contributed by atoms with Gasteiger partial charge in [-0.15, -0.1) is 0 Å². The number of fused-ring (bicyclic) bond motifs is 1. The van der Waals surface area contributed by atoms with Gasteiger partial charge in [0.15, 0.2) is 11.5 Å². The van der Waals surface area contributed by atoms with E-state index in [1.807, 2.05) is 42.5 Å². The average molecular weight is 465 g/mol. The molecule has 0 aliphatic heterocycles. The normalized spacial score (nSPS) is 11.0. The first-order valence-corrected chi connectivity index (χ1v) is 12.1. The van der Waals surface area contributed by atoms with Crippen molar-refractivity contribution < 1.29 is 9.21 Å². The third-order valence-electron chi connectivity index (χ3n) is 6.58. The number of furan rings is 1. The zero-order chi connectivity index (χ0) is 24.5. The molecule has 5 aromatic carbocycles. The lowest BCUT2D eigenvalue weighted by Crippen LogP contribution is -1.96. The smallest absolute Gasteiger partial charge is 0.194 e. The van der Waals surface area contributed by atoms with Gasteiger partial charge in [-0.1, -0.05) is 121 Å². The van der Waals surface area contributed by atoms with E-state index >= 15 is 0 Å². The van der Waals surface area contributed by atoms with Gasteiger partial charge in [0.1, 0.15) is 5.58 Å². The largest absolute Gasteiger partial charge is 0.452 e. The topological polar surface area (TPSA) is 30.2 Å². The molecule has 1 aromatic heterocycles. The number of ketones is 1. The van der Waals surface area contributed by atoms with Crippen LogP contribution < -0.4 is 0 Å². The van der Waals surface area contributed by atoms with Crippen molar-refractivity contribution in [2.24, 2.45) is 0 Å². The third kappa shape index (κ3) is 3.73. The van der Waals surface area contributed by atoms with E-state index in [-0.39, 0.29) is 5.78 Å². The van der Waals surface area contributed by atoms with E-state index < -0.39 is 0 Å². The molecule has 2 heteroatoms. The third-order valence-corrected chi connectivity index (χ3v) is 6.58. The Morgan fingerprint density at radius 3 is 1.28 bits per heavy atom. The Hall–Kier alpha value is -4.69. The van der Waals surface area contributed by atoms with Gasteiger partial charge in [0.2, 0.25) is 0 Å². The Labute approximate surface area is 210 Å². The van der Waals surface area contributed by atoms with Crippen LogP contribution in [0.5, 0.6) is 0 Å². The minimum Gasteiger partial charge on any atom is -0.452 e. The quantitative estimate of drug-likeness (QED) is 0.238. The molecule has 0 amide bonds. The molecule has 2 nitrogen and oxygen atoms in total. The zero-order valence-electron chi connectivity index (χ0n) is 19.9. The van der Waals surface area contributed by atoms with E-state index in [4.69, 9.17) is 4.42 Å². The summed E-state index contributed by atoms with van der Waals surface area (Å²) in [6, 6.07) is 43.5. The molecule has 0 aliphatic rings. The molecular weight excluding hydrogens is 440 g/mol. The molecule has 0 bridgehead atoms. The zero-order valence-corrected chi connectivity index (χ0v) is 19.9. The van der Waals surface area contributed by atoms with Crippen LogP contribution in [0, 0.1) is 0 Å². The number of rotatable bonds is 5. The average Bonchev–Trinajstić information content (AvgIpc) is 3.39. The lowest BCUT2D eigenvalue weighted by molar-refractivity contribution is 0.0989. The molecule has 172 valence electrons. The first-order chi connectivity index (χ1) is 17.7. The number of hydrogen-bond donors (Lipinski definition) is 0. The predicted octanol–water partition coefficient (Wildman–Crippen LogP) is 9.30. The molecule has 0 saturated heterocycles. The van der Waals surface area contributed by atoms with Gasteiger partial charge < -0.3 is 4.42 Å². The van der Waals surface area contributed by atoms with Crippen LogP contribution in [-0.4, -0.2) is 5.78 Å². The molecular formula is C34H24O2. The van der Waals surface area contributed by atoms with E-state index in [9.17, 15) is 4.79 Å². The number of hydrogen-bond acceptors (Lipinski definition) is 2. The van der Waals surface area contributed by atoms with Crippen molar-refractivity contribution in [2.75, 3.05) is 0 Å². The molecule has 0 N–H and O–H groups in total. The first kappa shape index (κ1) is 21.8. The fraction of sp³-hybridized carbons (Fsp3) is 0.0294. The second-order valence-electron chi connectivity index (χ2n) is 8.87. The number of carbonyl (C=O) groups excluding carboxylic acids is 1. The van der Waals surface area contributed by atoms with E-state index in [0.717, 1.165) is 55.5 Å². The van der Waals surface area contributed by atoms with Gasteiger partial charge >= 0.3 is 0 Å². The summed E-state index contributed by atoms with van der Waals surface area (Å²) >= 11 is 0. The maximum absolute atomic E-state index is 12.5. The Kier molecular flexibility index (Phi) is 5.55. The standard InChI is InChI=1S/C34H24O2/c1-23(35)29-22-28-30(24-14-6-2-7-15-24)31(25-16-8-3-9-17-25)32(26-18-10-4-11-19-26)33(34(28)36-29)27-20-12-5-13-21-27/h2-22H,1H3. The van der Waals surface area contributed by atoms with Gasteiger partial charge in [0.25, 0.3) is 0 Å². The van der Waals surface area contributed by atoms with Crippen LogP contribution in [0.3, 0.4) is 0 Å². The van der Waals surface area contributed by atoms with E-state index in [1.165, 1.54) is 0 Å². The highest BCUT2D eigenvalue weighted by atomic mass is 16.3. The highest BCUT2D eigenvalue weighted by Gasteiger charge is 2.27. The van der Waals surface area contributed by atoms with Crippen LogP contribution in [0.4, 0.5) is 0 Å². The molecule has 0 unspecified atom stereocenters. The Balaban J connectivity index is 1.91. The summed E-state index contributed by atoms with van der Waals surface area (Å²) in [5.74, 6) is 0.273. The number of benzene rings is 5. The Morgan fingerprint density at radius 2 is 0.861 bits per heavy atom. The van der Waals surface area contributed by atoms with Gasteiger partial charge in [-0.3, -0.25) is 4.79 Å². The highest BCUT2D eigenvalue weighted by molar-refractivity contribution is 6.17. The lowest BCUT2D eigenvalue weighted by Gasteiger charge is -2.22. The number of Topliss-reactive ketones (excluding diaryl/α,β-unsaturated/α-hetero) is 1. The van der Waals surface area contributed by atoms with Crippen molar-refractivity contribution >= 4 is 16.8 Å². The molecule has 36 heavy (non-hydrogen) atoms. The van der Waals surface area contributed by atoms with Crippen molar-refractivity contribution in [2.45, 2.75) is 6.92 Å². The van der Waals surface area contributed by atoms with Crippen molar-refractivity contribution in [1.82, 2.24) is 0 Å². The molecule has 0 aliphatic carbocycles. The SMILES string of the molecule is CC(=O)c1cc2c(-c3ccccc3)c(-c3ccccc3)c(-c3ccccc3)c(-c3ccccc3)c2o1. The van der Waals surface area contributed by atoms with E-state index in [0.29, 0.717) is 5.76 Å². The van der Waals surface area contributed by atoms with Crippen molar-refractivity contribution in [3.8, 4) is 44.5 Å². The second-order valence-corrected chi connectivity index (χ2v) is 8.87. The molecule has 0 spiro atoms. The van der Waals surface area contributed by atoms with Crippen LogP contribution in [0.2, 0.25) is 0 Å². The summed E-state index contributed by atoms with van der Waals surface area (Å²) < 4.78 is 6.38.